The van der Waals surface area contributed by atoms with Crippen molar-refractivity contribution in [3.8, 4) is 0 Å². The van der Waals surface area contributed by atoms with Crippen molar-refractivity contribution in [1.82, 2.24) is 14.9 Å². The van der Waals surface area contributed by atoms with E-state index in [0.29, 0.717) is 19.7 Å². The summed E-state index contributed by atoms with van der Waals surface area (Å²) in [4.78, 5) is 26.5. The van der Waals surface area contributed by atoms with Gasteiger partial charge >= 0.3 is 0 Å². The normalized spacial score (nSPS) is 25.4. The molecule has 4 rings (SSSR count). The van der Waals surface area contributed by atoms with Crippen LogP contribution in [0.1, 0.15) is 50.2 Å². The van der Waals surface area contributed by atoms with E-state index >= 15 is 0 Å². The van der Waals surface area contributed by atoms with Crippen LogP contribution in [0, 0.1) is 12.8 Å². The van der Waals surface area contributed by atoms with Gasteiger partial charge in [-0.25, -0.2) is 9.97 Å². The van der Waals surface area contributed by atoms with Crippen molar-refractivity contribution < 1.29 is 9.53 Å². The number of amides is 1. The van der Waals surface area contributed by atoms with Crippen LogP contribution >= 0.6 is 0 Å². The number of aromatic nitrogens is 2. The van der Waals surface area contributed by atoms with Crippen LogP contribution in [0.25, 0.3) is 0 Å². The van der Waals surface area contributed by atoms with Gasteiger partial charge in [-0.1, -0.05) is 0 Å². The molecule has 0 saturated carbocycles. The average Bonchev–Trinajstić information content (AvgIpc) is 2.87. The Morgan fingerprint density at radius 1 is 1.25 bits per heavy atom. The first-order chi connectivity index (χ1) is 11.4. The molecule has 2 saturated heterocycles. The van der Waals surface area contributed by atoms with Gasteiger partial charge in [0.15, 0.2) is 0 Å². The third-order valence-corrected chi connectivity index (χ3v) is 5.39. The molecule has 0 aromatic carbocycles. The molecular formula is C18H26N4O2. The summed E-state index contributed by atoms with van der Waals surface area (Å²) >= 11 is 0. The molecule has 2 fully saturated rings. The molecule has 1 atom stereocenters. The van der Waals surface area contributed by atoms with Gasteiger partial charge in [-0.15, -0.1) is 0 Å². The quantitative estimate of drug-likeness (QED) is 0.830. The van der Waals surface area contributed by atoms with Crippen LogP contribution in [0.5, 0.6) is 0 Å². The van der Waals surface area contributed by atoms with Crippen molar-refractivity contribution in [1.29, 1.82) is 0 Å². The summed E-state index contributed by atoms with van der Waals surface area (Å²) < 4.78 is 5.76. The van der Waals surface area contributed by atoms with Crippen molar-refractivity contribution in [2.45, 2.75) is 58.7 Å². The molecule has 0 radical (unpaired) electrons. The molecule has 0 spiro atoms. The van der Waals surface area contributed by atoms with E-state index in [9.17, 15) is 4.79 Å². The minimum absolute atomic E-state index is 0.0598. The molecule has 0 N–H and O–H groups in total. The van der Waals surface area contributed by atoms with Gasteiger partial charge in [-0.3, -0.25) is 4.79 Å². The molecule has 130 valence electrons. The summed E-state index contributed by atoms with van der Waals surface area (Å²) in [7, 11) is 0. The Bertz CT molecular complexity index is 669. The fourth-order valence-electron chi connectivity index (χ4n) is 4.00. The first-order valence-electron chi connectivity index (χ1n) is 8.97. The summed E-state index contributed by atoms with van der Waals surface area (Å²) in [5, 5.41) is 0. The van der Waals surface area contributed by atoms with E-state index in [-0.39, 0.29) is 17.4 Å². The SMILES string of the molecule is Cc1nc2c(c(N3CCC3)n1)CN(C(=O)C1CCOC(C)(C)C1)C2. The zero-order chi connectivity index (χ0) is 16.9. The van der Waals surface area contributed by atoms with Gasteiger partial charge in [0.25, 0.3) is 0 Å². The Morgan fingerprint density at radius 2 is 2.04 bits per heavy atom. The number of anilines is 1. The third kappa shape index (κ3) is 2.77. The van der Waals surface area contributed by atoms with Crippen LogP contribution in [0.15, 0.2) is 0 Å². The van der Waals surface area contributed by atoms with E-state index in [0.717, 1.165) is 48.8 Å². The summed E-state index contributed by atoms with van der Waals surface area (Å²) in [5.74, 6) is 2.16. The molecule has 1 amide bonds. The minimum atomic E-state index is -0.204. The van der Waals surface area contributed by atoms with Crippen molar-refractivity contribution >= 4 is 11.7 Å². The lowest BCUT2D eigenvalue weighted by Gasteiger charge is -2.36. The molecule has 1 aromatic heterocycles. The van der Waals surface area contributed by atoms with E-state index in [1.807, 2.05) is 11.8 Å². The molecule has 24 heavy (non-hydrogen) atoms. The van der Waals surface area contributed by atoms with Crippen LogP contribution in [-0.4, -0.2) is 46.1 Å². The molecule has 1 unspecified atom stereocenters. The minimum Gasteiger partial charge on any atom is -0.376 e. The van der Waals surface area contributed by atoms with Crippen LogP contribution in [0.4, 0.5) is 5.82 Å². The largest absolute Gasteiger partial charge is 0.376 e. The fraction of sp³-hybridized carbons (Fsp3) is 0.722. The van der Waals surface area contributed by atoms with Crippen molar-refractivity contribution in [2.24, 2.45) is 5.92 Å². The number of nitrogens with zero attached hydrogens (tertiary/aromatic N) is 4. The molecule has 6 heteroatoms. The first-order valence-corrected chi connectivity index (χ1v) is 8.97. The highest BCUT2D eigenvalue weighted by Gasteiger charge is 2.38. The number of carbonyl (C=O) groups excluding carboxylic acids is 1. The highest BCUT2D eigenvalue weighted by atomic mass is 16.5. The predicted octanol–water partition coefficient (Wildman–Crippen LogP) is 2.04. The zero-order valence-electron chi connectivity index (χ0n) is 14.8. The van der Waals surface area contributed by atoms with Crippen LogP contribution in [-0.2, 0) is 22.6 Å². The third-order valence-electron chi connectivity index (χ3n) is 5.39. The highest BCUT2D eigenvalue weighted by Crippen LogP contribution is 2.35. The van der Waals surface area contributed by atoms with Gasteiger partial charge in [-0.2, -0.15) is 0 Å². The zero-order valence-corrected chi connectivity index (χ0v) is 14.8. The molecule has 4 heterocycles. The number of fused-ring (bicyclic) bond motifs is 1. The number of ether oxygens (including phenoxy) is 1. The van der Waals surface area contributed by atoms with E-state index in [1.165, 1.54) is 6.42 Å². The second-order valence-corrected chi connectivity index (χ2v) is 7.85. The lowest BCUT2D eigenvalue weighted by atomic mass is 9.87. The van der Waals surface area contributed by atoms with Gasteiger partial charge in [-0.05, 0) is 40.0 Å². The summed E-state index contributed by atoms with van der Waals surface area (Å²) in [5.41, 5.74) is 1.98. The maximum Gasteiger partial charge on any atom is 0.226 e. The number of rotatable bonds is 2. The molecule has 0 aliphatic carbocycles. The topological polar surface area (TPSA) is 58.6 Å². The van der Waals surface area contributed by atoms with Gasteiger partial charge in [0.05, 0.1) is 24.4 Å². The molecule has 6 nitrogen and oxygen atoms in total. The van der Waals surface area contributed by atoms with E-state index in [4.69, 9.17) is 4.74 Å². The molecule has 3 aliphatic heterocycles. The lowest BCUT2D eigenvalue weighted by Crippen LogP contribution is -2.42. The summed E-state index contributed by atoms with van der Waals surface area (Å²) in [6.45, 7) is 10.1. The van der Waals surface area contributed by atoms with Crippen LogP contribution < -0.4 is 4.90 Å². The standard InChI is InChI=1S/C18H26N4O2/c1-12-19-15-11-22(10-14(15)16(20-12)21-6-4-7-21)17(23)13-5-8-24-18(2,3)9-13/h13H,4-11H2,1-3H3. The van der Waals surface area contributed by atoms with Gasteiger partial charge in [0, 0.05) is 31.2 Å². The number of carbonyl (C=O) groups is 1. The Hall–Kier alpha value is -1.69. The smallest absolute Gasteiger partial charge is 0.226 e. The lowest BCUT2D eigenvalue weighted by molar-refractivity contribution is -0.146. The highest BCUT2D eigenvalue weighted by molar-refractivity contribution is 5.80. The summed E-state index contributed by atoms with van der Waals surface area (Å²) in [6, 6.07) is 0. The second kappa shape index (κ2) is 5.69. The Labute approximate surface area is 143 Å². The Balaban J connectivity index is 1.54. The van der Waals surface area contributed by atoms with Gasteiger partial charge in [0.1, 0.15) is 11.6 Å². The fourth-order valence-corrected chi connectivity index (χ4v) is 4.00. The van der Waals surface area contributed by atoms with Gasteiger partial charge in [0.2, 0.25) is 5.91 Å². The Morgan fingerprint density at radius 3 is 2.71 bits per heavy atom. The van der Waals surface area contributed by atoms with Crippen LogP contribution in [0.3, 0.4) is 0 Å². The first kappa shape index (κ1) is 15.8. The molecular weight excluding hydrogens is 304 g/mol. The number of hydrogen-bond donors (Lipinski definition) is 0. The number of hydrogen-bond acceptors (Lipinski definition) is 5. The maximum atomic E-state index is 13.0. The monoisotopic (exact) mass is 330 g/mol. The summed E-state index contributed by atoms with van der Waals surface area (Å²) in [6.07, 6.45) is 2.83. The van der Waals surface area contributed by atoms with Gasteiger partial charge < -0.3 is 14.5 Å². The average molecular weight is 330 g/mol. The molecule has 0 bridgehead atoms. The van der Waals surface area contributed by atoms with Crippen molar-refractivity contribution in [2.75, 3.05) is 24.6 Å². The van der Waals surface area contributed by atoms with Crippen molar-refractivity contribution in [3.63, 3.8) is 0 Å². The maximum absolute atomic E-state index is 13.0. The van der Waals surface area contributed by atoms with E-state index < -0.39 is 0 Å². The van der Waals surface area contributed by atoms with E-state index in [2.05, 4.69) is 28.7 Å². The number of aryl methyl sites for hydroxylation is 1. The van der Waals surface area contributed by atoms with Crippen molar-refractivity contribution in [3.05, 3.63) is 17.1 Å². The second-order valence-electron chi connectivity index (χ2n) is 7.85. The predicted molar refractivity (Wildman–Crippen MR) is 90.6 cm³/mol. The molecule has 1 aromatic rings. The molecule has 3 aliphatic rings. The van der Waals surface area contributed by atoms with E-state index in [1.54, 1.807) is 0 Å². The Kier molecular flexibility index (Phi) is 3.75. The van der Waals surface area contributed by atoms with Crippen LogP contribution in [0.2, 0.25) is 0 Å².